The summed E-state index contributed by atoms with van der Waals surface area (Å²) in [5, 5.41) is 3.52. The molecule has 3 aromatic rings. The summed E-state index contributed by atoms with van der Waals surface area (Å²) >= 11 is 6.33. The van der Waals surface area contributed by atoms with Crippen molar-refractivity contribution in [3.63, 3.8) is 0 Å². The molecule has 1 N–H and O–H groups in total. The third-order valence-corrected chi connectivity index (χ3v) is 5.68. The molecule has 1 aliphatic rings. The first-order chi connectivity index (χ1) is 15.5. The van der Waals surface area contributed by atoms with Crippen molar-refractivity contribution in [2.24, 2.45) is 0 Å². The van der Waals surface area contributed by atoms with E-state index < -0.39 is 5.82 Å². The van der Waals surface area contributed by atoms with E-state index in [2.05, 4.69) is 38.9 Å². The third-order valence-electron chi connectivity index (χ3n) is 5.40. The van der Waals surface area contributed by atoms with Crippen LogP contribution < -0.4 is 10.2 Å². The van der Waals surface area contributed by atoms with Gasteiger partial charge in [0.1, 0.15) is 5.82 Å². The number of nitrogens with one attached hydrogen (secondary N) is 1. The zero-order chi connectivity index (χ0) is 22.5. The SMILES string of the molecule is C=CC(=O)Cc1cc(F)cc(-c2nc(Nc3cccc(N4CCCCC4)c3)ncc2Cl)c1. The van der Waals surface area contributed by atoms with Crippen LogP contribution in [0.2, 0.25) is 5.02 Å². The summed E-state index contributed by atoms with van der Waals surface area (Å²) in [6, 6.07) is 12.5. The molecule has 1 fully saturated rings. The van der Waals surface area contributed by atoms with Gasteiger partial charge in [-0.2, -0.15) is 0 Å². The predicted molar refractivity (Wildman–Crippen MR) is 127 cm³/mol. The number of anilines is 3. The number of carbonyl (C=O) groups is 1. The number of halogens is 2. The van der Waals surface area contributed by atoms with Crippen molar-refractivity contribution < 1.29 is 9.18 Å². The molecule has 2 heterocycles. The van der Waals surface area contributed by atoms with Crippen LogP contribution in [0, 0.1) is 5.82 Å². The van der Waals surface area contributed by atoms with Gasteiger partial charge in [-0.25, -0.2) is 14.4 Å². The molecule has 0 amide bonds. The van der Waals surface area contributed by atoms with Crippen LogP contribution in [0.5, 0.6) is 0 Å². The lowest BCUT2D eigenvalue weighted by Gasteiger charge is -2.29. The minimum absolute atomic E-state index is 0.0609. The van der Waals surface area contributed by atoms with E-state index in [-0.39, 0.29) is 12.2 Å². The smallest absolute Gasteiger partial charge is 0.227 e. The zero-order valence-electron chi connectivity index (χ0n) is 17.7. The molecule has 0 bridgehead atoms. The number of rotatable bonds is 7. The summed E-state index contributed by atoms with van der Waals surface area (Å²) in [7, 11) is 0. The highest BCUT2D eigenvalue weighted by Crippen LogP contribution is 2.30. The Morgan fingerprint density at radius 1 is 1.19 bits per heavy atom. The fourth-order valence-electron chi connectivity index (χ4n) is 3.85. The molecular formula is C25H24ClFN4O. The Labute approximate surface area is 192 Å². The molecule has 32 heavy (non-hydrogen) atoms. The van der Waals surface area contributed by atoms with Crippen LogP contribution in [-0.2, 0) is 11.2 Å². The van der Waals surface area contributed by atoms with Crippen molar-refractivity contribution in [1.82, 2.24) is 9.97 Å². The van der Waals surface area contributed by atoms with E-state index in [1.807, 2.05) is 12.1 Å². The van der Waals surface area contributed by atoms with E-state index >= 15 is 0 Å². The number of aromatic nitrogens is 2. The average molecular weight is 451 g/mol. The first-order valence-electron chi connectivity index (χ1n) is 10.6. The van der Waals surface area contributed by atoms with E-state index in [0.717, 1.165) is 24.5 Å². The van der Waals surface area contributed by atoms with Crippen LogP contribution in [-0.4, -0.2) is 28.8 Å². The number of nitrogens with zero attached hydrogens (tertiary/aromatic N) is 3. The van der Waals surface area contributed by atoms with Crippen molar-refractivity contribution in [2.45, 2.75) is 25.7 Å². The molecule has 5 nitrogen and oxygen atoms in total. The lowest BCUT2D eigenvalue weighted by Crippen LogP contribution is -2.29. The number of carbonyl (C=O) groups excluding carboxylic acids is 1. The lowest BCUT2D eigenvalue weighted by atomic mass is 10.0. The first kappa shape index (κ1) is 22.0. The monoisotopic (exact) mass is 450 g/mol. The van der Waals surface area contributed by atoms with Gasteiger partial charge in [0.05, 0.1) is 16.9 Å². The molecule has 0 atom stereocenters. The normalized spacial score (nSPS) is 13.6. The number of hydrogen-bond acceptors (Lipinski definition) is 5. The van der Waals surface area contributed by atoms with Gasteiger partial charge in [-0.15, -0.1) is 0 Å². The van der Waals surface area contributed by atoms with E-state index in [9.17, 15) is 9.18 Å². The van der Waals surface area contributed by atoms with Crippen molar-refractivity contribution >= 4 is 34.7 Å². The van der Waals surface area contributed by atoms with Crippen LogP contribution >= 0.6 is 11.6 Å². The maximum atomic E-state index is 14.2. The van der Waals surface area contributed by atoms with Crippen LogP contribution in [0.3, 0.4) is 0 Å². The minimum Gasteiger partial charge on any atom is -0.371 e. The Hall–Kier alpha value is -3.25. The van der Waals surface area contributed by atoms with Gasteiger partial charge in [0.25, 0.3) is 0 Å². The highest BCUT2D eigenvalue weighted by Gasteiger charge is 2.14. The topological polar surface area (TPSA) is 58.1 Å². The van der Waals surface area contributed by atoms with Gasteiger partial charge in [-0.1, -0.05) is 24.2 Å². The third kappa shape index (κ3) is 5.32. The van der Waals surface area contributed by atoms with Crippen molar-refractivity contribution in [1.29, 1.82) is 0 Å². The highest BCUT2D eigenvalue weighted by atomic mass is 35.5. The van der Waals surface area contributed by atoms with Gasteiger partial charge in [-0.3, -0.25) is 4.79 Å². The average Bonchev–Trinajstić information content (AvgIpc) is 2.80. The van der Waals surface area contributed by atoms with E-state index in [1.165, 1.54) is 43.7 Å². The summed E-state index contributed by atoms with van der Waals surface area (Å²) in [6.07, 6.45) is 6.46. The standard InChI is InChI=1S/C25H24ClFN4O/c1-2-22(32)13-17-11-18(14-19(27)12-17)24-23(26)16-28-25(30-24)29-20-7-6-8-21(15-20)31-9-4-3-5-10-31/h2,6-8,11-12,14-16H,1,3-5,9-10,13H2,(H,28,29,30). The molecule has 0 radical (unpaired) electrons. The van der Waals surface area contributed by atoms with Crippen molar-refractivity contribution in [3.05, 3.63) is 77.7 Å². The maximum Gasteiger partial charge on any atom is 0.227 e. The summed E-state index contributed by atoms with van der Waals surface area (Å²) in [5.41, 5.74) is 3.42. The Kier molecular flexibility index (Phi) is 6.81. The zero-order valence-corrected chi connectivity index (χ0v) is 18.4. The first-order valence-corrected chi connectivity index (χ1v) is 11.0. The Morgan fingerprint density at radius 3 is 2.78 bits per heavy atom. The summed E-state index contributed by atoms with van der Waals surface area (Å²) < 4.78 is 14.2. The van der Waals surface area contributed by atoms with Crippen molar-refractivity contribution in [3.8, 4) is 11.3 Å². The van der Waals surface area contributed by atoms with Gasteiger partial charge < -0.3 is 10.2 Å². The Morgan fingerprint density at radius 2 is 2.00 bits per heavy atom. The molecule has 7 heteroatoms. The number of piperidine rings is 1. The van der Waals surface area contributed by atoms with Gasteiger partial charge in [0, 0.05) is 36.4 Å². The number of benzene rings is 2. The summed E-state index contributed by atoms with van der Waals surface area (Å²) in [4.78, 5) is 22.9. The van der Waals surface area contributed by atoms with Gasteiger partial charge in [0.2, 0.25) is 5.95 Å². The Bertz CT molecular complexity index is 1140. The number of ketones is 1. The van der Waals surface area contributed by atoms with Gasteiger partial charge in [0.15, 0.2) is 5.78 Å². The molecular weight excluding hydrogens is 427 g/mol. The lowest BCUT2D eigenvalue weighted by molar-refractivity contribution is -0.114. The Balaban J connectivity index is 1.60. The van der Waals surface area contributed by atoms with Gasteiger partial charge in [-0.05, 0) is 67.3 Å². The van der Waals surface area contributed by atoms with E-state index in [0.29, 0.717) is 27.8 Å². The summed E-state index contributed by atoms with van der Waals surface area (Å²) in [5.74, 6) is -0.299. The fourth-order valence-corrected chi connectivity index (χ4v) is 4.05. The molecule has 1 aromatic heterocycles. The van der Waals surface area contributed by atoms with Crippen LogP contribution in [0.25, 0.3) is 11.3 Å². The second-order valence-corrected chi connectivity index (χ2v) is 8.22. The molecule has 0 aliphatic carbocycles. The molecule has 2 aromatic carbocycles. The molecule has 4 rings (SSSR count). The van der Waals surface area contributed by atoms with Gasteiger partial charge >= 0.3 is 0 Å². The molecule has 0 unspecified atom stereocenters. The van der Waals surface area contributed by atoms with Crippen LogP contribution in [0.4, 0.5) is 21.7 Å². The molecule has 1 aliphatic heterocycles. The quantitative estimate of drug-likeness (QED) is 0.449. The number of hydrogen-bond donors (Lipinski definition) is 1. The predicted octanol–water partition coefficient (Wildman–Crippen LogP) is 5.97. The van der Waals surface area contributed by atoms with Crippen LogP contribution in [0.15, 0.2) is 61.3 Å². The fraction of sp³-hybridized carbons (Fsp3) is 0.240. The maximum absolute atomic E-state index is 14.2. The molecule has 164 valence electrons. The van der Waals surface area contributed by atoms with Crippen molar-refractivity contribution in [2.75, 3.05) is 23.3 Å². The molecule has 0 spiro atoms. The second-order valence-electron chi connectivity index (χ2n) is 7.81. The molecule has 0 saturated carbocycles. The van der Waals surface area contributed by atoms with Crippen LogP contribution in [0.1, 0.15) is 24.8 Å². The molecule has 1 saturated heterocycles. The van der Waals surface area contributed by atoms with E-state index in [1.54, 1.807) is 6.07 Å². The largest absolute Gasteiger partial charge is 0.371 e. The second kappa shape index (κ2) is 9.92. The van der Waals surface area contributed by atoms with E-state index in [4.69, 9.17) is 11.6 Å². The minimum atomic E-state index is -0.465. The number of allylic oxidation sites excluding steroid dienone is 1. The highest BCUT2D eigenvalue weighted by molar-refractivity contribution is 6.32. The summed E-state index contributed by atoms with van der Waals surface area (Å²) in [6.45, 7) is 5.58.